The van der Waals surface area contributed by atoms with Crippen LogP contribution in [-0.4, -0.2) is 40.6 Å². The van der Waals surface area contributed by atoms with Crippen LogP contribution in [0.15, 0.2) is 53.6 Å². The van der Waals surface area contributed by atoms with Gasteiger partial charge < -0.3 is 24.5 Å². The van der Waals surface area contributed by atoms with Gasteiger partial charge in [-0.05, 0) is 36.8 Å². The van der Waals surface area contributed by atoms with Crippen molar-refractivity contribution in [3.05, 3.63) is 76.2 Å². The molecule has 10 heteroatoms. The number of H-pyrrole nitrogens is 1. The molecule has 4 aromatic rings. The maximum absolute atomic E-state index is 15.4. The van der Waals surface area contributed by atoms with E-state index < -0.39 is 17.4 Å². The number of rotatable bonds is 5. The van der Waals surface area contributed by atoms with Crippen LogP contribution in [0.1, 0.15) is 28.9 Å². The number of aromatic nitrogens is 3. The lowest BCUT2D eigenvalue weighted by atomic mass is 10.1. The summed E-state index contributed by atoms with van der Waals surface area (Å²) in [4.78, 5) is 32.2. The summed E-state index contributed by atoms with van der Waals surface area (Å²) in [6, 6.07) is 9.37. The van der Waals surface area contributed by atoms with Crippen molar-refractivity contribution < 1.29 is 23.4 Å². The smallest absolute Gasteiger partial charge is 0.272 e. The van der Waals surface area contributed by atoms with Crippen LogP contribution < -0.4 is 25.1 Å². The molecule has 0 radical (unpaired) electrons. The third kappa shape index (κ3) is 3.83. The Kier molecular flexibility index (Phi) is 5.40. The number of halogens is 1. The van der Waals surface area contributed by atoms with Crippen LogP contribution in [0.25, 0.3) is 16.8 Å². The van der Waals surface area contributed by atoms with E-state index in [1.807, 2.05) is 0 Å². The number of nitrogens with zero attached hydrogens (tertiary/aromatic N) is 2. The van der Waals surface area contributed by atoms with Crippen LogP contribution in [0.2, 0.25) is 0 Å². The number of nitrogens with one attached hydrogen (secondary N) is 2. The molecule has 1 amide bonds. The molecule has 3 aromatic heterocycles. The number of aromatic amines is 1. The summed E-state index contributed by atoms with van der Waals surface area (Å²) < 4.78 is 32.6. The molecular formula is C24H21FN4O5. The zero-order valence-electron chi connectivity index (χ0n) is 18.4. The second-order valence-electron chi connectivity index (χ2n) is 7.79. The van der Waals surface area contributed by atoms with Crippen molar-refractivity contribution in [1.82, 2.24) is 19.7 Å². The van der Waals surface area contributed by atoms with E-state index in [2.05, 4.69) is 15.3 Å². The van der Waals surface area contributed by atoms with E-state index in [1.54, 1.807) is 43.5 Å². The van der Waals surface area contributed by atoms with Gasteiger partial charge in [0, 0.05) is 24.0 Å². The number of carbonyl (C=O) groups excluding carboxylic acids is 1. The lowest BCUT2D eigenvalue weighted by Gasteiger charge is -2.19. The zero-order valence-corrected chi connectivity index (χ0v) is 18.4. The van der Waals surface area contributed by atoms with E-state index in [4.69, 9.17) is 14.2 Å². The summed E-state index contributed by atoms with van der Waals surface area (Å²) in [6.45, 7) is 2.62. The Balaban J connectivity index is 1.45. The van der Waals surface area contributed by atoms with Gasteiger partial charge in [-0.1, -0.05) is 6.07 Å². The minimum absolute atomic E-state index is 0.0164. The minimum Gasteiger partial charge on any atom is -0.486 e. The first kappa shape index (κ1) is 21.5. The van der Waals surface area contributed by atoms with Crippen LogP contribution in [-0.2, 0) is 0 Å². The molecule has 1 atom stereocenters. The molecular weight excluding hydrogens is 443 g/mol. The monoisotopic (exact) mass is 464 g/mol. The van der Waals surface area contributed by atoms with Gasteiger partial charge in [-0.15, -0.1) is 0 Å². The normalized spacial score (nSPS) is 13.5. The summed E-state index contributed by atoms with van der Waals surface area (Å²) >= 11 is 0. The Hall–Kier alpha value is -4.34. The Bertz CT molecular complexity index is 1440. The Labute approximate surface area is 193 Å². The summed E-state index contributed by atoms with van der Waals surface area (Å²) in [6.07, 6.45) is 2.90. The number of fused-ring (bicyclic) bond motifs is 2. The van der Waals surface area contributed by atoms with Crippen molar-refractivity contribution in [2.45, 2.75) is 13.0 Å². The molecule has 0 bridgehead atoms. The van der Waals surface area contributed by atoms with Crippen molar-refractivity contribution in [2.75, 3.05) is 20.3 Å². The van der Waals surface area contributed by atoms with Crippen LogP contribution in [0, 0.1) is 5.95 Å². The van der Waals surface area contributed by atoms with Gasteiger partial charge in [-0.3, -0.25) is 14.0 Å². The molecule has 1 aromatic carbocycles. The van der Waals surface area contributed by atoms with Gasteiger partial charge in [-0.25, -0.2) is 4.98 Å². The van der Waals surface area contributed by atoms with E-state index >= 15 is 4.39 Å². The molecule has 0 saturated carbocycles. The molecule has 4 heterocycles. The molecule has 1 aliphatic rings. The number of carbonyl (C=O) groups is 1. The maximum atomic E-state index is 15.4. The molecule has 0 aliphatic carbocycles. The number of ether oxygens (including phenoxy) is 3. The average Bonchev–Trinajstić information content (AvgIpc) is 3.33. The Morgan fingerprint density at radius 1 is 1.21 bits per heavy atom. The number of amides is 1. The van der Waals surface area contributed by atoms with Gasteiger partial charge >= 0.3 is 0 Å². The highest BCUT2D eigenvalue weighted by molar-refractivity contribution is 5.95. The van der Waals surface area contributed by atoms with Gasteiger partial charge in [0.05, 0.1) is 18.7 Å². The number of benzene rings is 1. The van der Waals surface area contributed by atoms with E-state index in [0.717, 1.165) is 9.96 Å². The molecule has 1 aliphatic heterocycles. The number of hydrogen-bond donors (Lipinski definition) is 2. The number of hydrogen-bond acceptors (Lipinski definition) is 6. The predicted octanol–water partition coefficient (Wildman–Crippen LogP) is 3.10. The third-order valence-electron chi connectivity index (χ3n) is 5.62. The summed E-state index contributed by atoms with van der Waals surface area (Å²) in [5.41, 5.74) is 0.802. The first-order valence-corrected chi connectivity index (χ1v) is 10.6. The van der Waals surface area contributed by atoms with Crippen LogP contribution in [0.3, 0.4) is 0 Å². The van der Waals surface area contributed by atoms with E-state index in [9.17, 15) is 9.59 Å². The average molecular weight is 464 g/mol. The summed E-state index contributed by atoms with van der Waals surface area (Å²) in [5, 5.41) is 2.83. The molecule has 2 N–H and O–H groups in total. The molecule has 0 spiro atoms. The van der Waals surface area contributed by atoms with Crippen molar-refractivity contribution in [3.8, 4) is 28.6 Å². The van der Waals surface area contributed by atoms with Gasteiger partial charge in [0.1, 0.15) is 24.4 Å². The fraction of sp³-hybridized carbons (Fsp3) is 0.208. The summed E-state index contributed by atoms with van der Waals surface area (Å²) in [7, 11) is 1.52. The standard InChI is InChI=1S/C24H21FN4O5/c1-13(15-4-6-20(32-2)26-11-15)27-23(30)16-9-17-24(31)28-21(22(25)29(17)12-16)14-3-5-18-19(10-14)34-8-7-33-18/h3-6,9-13H,7-8H2,1-2H3,(H,27,30)(H,28,31)/t13-/m1/s1. The van der Waals surface area contributed by atoms with Gasteiger partial charge in [0.15, 0.2) is 11.5 Å². The Morgan fingerprint density at radius 3 is 2.74 bits per heavy atom. The number of methoxy groups -OCH3 is 1. The summed E-state index contributed by atoms with van der Waals surface area (Å²) in [5.74, 6) is 0.326. The van der Waals surface area contributed by atoms with E-state index in [1.165, 1.54) is 19.4 Å². The lowest BCUT2D eigenvalue weighted by molar-refractivity contribution is 0.0940. The van der Waals surface area contributed by atoms with Crippen LogP contribution >= 0.6 is 0 Å². The maximum Gasteiger partial charge on any atom is 0.272 e. The largest absolute Gasteiger partial charge is 0.486 e. The fourth-order valence-electron chi connectivity index (χ4n) is 3.80. The van der Waals surface area contributed by atoms with Gasteiger partial charge in [-0.2, -0.15) is 4.39 Å². The van der Waals surface area contributed by atoms with Crippen molar-refractivity contribution in [1.29, 1.82) is 0 Å². The van der Waals surface area contributed by atoms with Gasteiger partial charge in [0.25, 0.3) is 11.5 Å². The fourth-order valence-corrected chi connectivity index (χ4v) is 3.80. The zero-order chi connectivity index (χ0) is 23.8. The lowest BCUT2D eigenvalue weighted by Crippen LogP contribution is -2.26. The van der Waals surface area contributed by atoms with Crippen LogP contribution in [0.4, 0.5) is 4.39 Å². The first-order valence-electron chi connectivity index (χ1n) is 10.6. The number of pyridine rings is 1. The minimum atomic E-state index is -0.710. The second kappa shape index (κ2) is 8.54. The molecule has 0 fully saturated rings. The molecule has 0 saturated heterocycles. The topological polar surface area (TPSA) is 107 Å². The highest BCUT2D eigenvalue weighted by Gasteiger charge is 2.20. The quantitative estimate of drug-likeness (QED) is 0.470. The van der Waals surface area contributed by atoms with E-state index in [-0.39, 0.29) is 22.8 Å². The van der Waals surface area contributed by atoms with Crippen molar-refractivity contribution in [3.63, 3.8) is 0 Å². The molecule has 34 heavy (non-hydrogen) atoms. The highest BCUT2D eigenvalue weighted by Crippen LogP contribution is 2.34. The third-order valence-corrected chi connectivity index (χ3v) is 5.62. The van der Waals surface area contributed by atoms with Gasteiger partial charge in [0.2, 0.25) is 11.8 Å². The Morgan fingerprint density at radius 2 is 2.00 bits per heavy atom. The van der Waals surface area contributed by atoms with Crippen molar-refractivity contribution in [2.24, 2.45) is 0 Å². The molecule has 174 valence electrons. The SMILES string of the molecule is COc1ccc([C@@H](C)NC(=O)c2cc3c(=O)[nH]c(-c4ccc5c(c4)OCCO5)c(F)n3c2)cn1. The second-order valence-corrected chi connectivity index (χ2v) is 7.79. The van der Waals surface area contributed by atoms with Crippen molar-refractivity contribution >= 4 is 11.4 Å². The van der Waals surface area contributed by atoms with Crippen LogP contribution in [0.5, 0.6) is 17.4 Å². The molecule has 9 nitrogen and oxygen atoms in total. The van der Waals surface area contributed by atoms with E-state index in [0.29, 0.717) is 36.2 Å². The molecule has 0 unspecified atom stereocenters. The predicted molar refractivity (Wildman–Crippen MR) is 121 cm³/mol. The first-order chi connectivity index (χ1) is 16.4. The highest BCUT2D eigenvalue weighted by atomic mass is 19.1. The molecule has 5 rings (SSSR count).